The van der Waals surface area contributed by atoms with Crippen LogP contribution in [0.5, 0.6) is 0 Å². The molecule has 0 fully saturated rings. The number of hydrogen-bond acceptors (Lipinski definition) is 3. The fraction of sp³-hybridized carbons (Fsp3) is 0.286. The molecule has 17 heavy (non-hydrogen) atoms. The highest BCUT2D eigenvalue weighted by atomic mass is 15.0. The van der Waals surface area contributed by atoms with Gasteiger partial charge in [-0.3, -0.25) is 0 Å². The van der Waals surface area contributed by atoms with E-state index in [1.165, 1.54) is 5.56 Å². The van der Waals surface area contributed by atoms with Crippen LogP contribution < -0.4 is 5.32 Å². The fourth-order valence-electron chi connectivity index (χ4n) is 1.80. The Balaban J connectivity index is 2.67. The molecule has 0 aliphatic heterocycles. The maximum Gasteiger partial charge on any atom is 0.152 e. The normalized spacial score (nSPS) is 10.4. The molecule has 0 amide bonds. The van der Waals surface area contributed by atoms with Gasteiger partial charge < -0.3 is 5.32 Å². The SMILES string of the molecule is CNc1nc(C)c(C)nc1-c1ccccc1C. The summed E-state index contributed by atoms with van der Waals surface area (Å²) in [5.41, 5.74) is 5.21. The molecule has 0 radical (unpaired) electrons. The Hall–Kier alpha value is -1.90. The predicted octanol–water partition coefficient (Wildman–Crippen LogP) is 3.11. The standard InChI is InChI=1S/C14H17N3/c1-9-7-5-6-8-12(9)13-14(15-4)17-11(3)10(2)16-13/h5-8H,1-4H3,(H,15,17). The van der Waals surface area contributed by atoms with Crippen molar-refractivity contribution in [3.8, 4) is 11.3 Å². The van der Waals surface area contributed by atoms with Crippen LogP contribution in [0, 0.1) is 20.8 Å². The van der Waals surface area contributed by atoms with Crippen molar-refractivity contribution in [2.45, 2.75) is 20.8 Å². The van der Waals surface area contributed by atoms with Crippen LogP contribution in [0.15, 0.2) is 24.3 Å². The van der Waals surface area contributed by atoms with E-state index in [1.54, 1.807) is 0 Å². The van der Waals surface area contributed by atoms with E-state index in [9.17, 15) is 0 Å². The monoisotopic (exact) mass is 227 g/mol. The van der Waals surface area contributed by atoms with Crippen molar-refractivity contribution >= 4 is 5.82 Å². The Kier molecular flexibility index (Phi) is 3.09. The maximum absolute atomic E-state index is 4.65. The highest BCUT2D eigenvalue weighted by Crippen LogP contribution is 2.27. The van der Waals surface area contributed by atoms with Crippen molar-refractivity contribution in [3.63, 3.8) is 0 Å². The van der Waals surface area contributed by atoms with Gasteiger partial charge in [0, 0.05) is 12.6 Å². The molecule has 1 N–H and O–H groups in total. The highest BCUT2D eigenvalue weighted by Gasteiger charge is 2.11. The van der Waals surface area contributed by atoms with Crippen molar-refractivity contribution in [1.29, 1.82) is 0 Å². The van der Waals surface area contributed by atoms with Gasteiger partial charge in [0.25, 0.3) is 0 Å². The van der Waals surface area contributed by atoms with Crippen LogP contribution in [0.1, 0.15) is 17.0 Å². The summed E-state index contributed by atoms with van der Waals surface area (Å²) in [7, 11) is 1.88. The number of anilines is 1. The minimum Gasteiger partial charge on any atom is -0.371 e. The van der Waals surface area contributed by atoms with Gasteiger partial charge >= 0.3 is 0 Å². The molecular weight excluding hydrogens is 210 g/mol. The van der Waals surface area contributed by atoms with Crippen LogP contribution in [0.3, 0.4) is 0 Å². The molecule has 0 unspecified atom stereocenters. The van der Waals surface area contributed by atoms with E-state index in [-0.39, 0.29) is 0 Å². The Bertz CT molecular complexity index is 547. The van der Waals surface area contributed by atoms with Gasteiger partial charge in [-0.25, -0.2) is 9.97 Å². The van der Waals surface area contributed by atoms with E-state index in [2.05, 4.69) is 34.3 Å². The Morgan fingerprint density at radius 2 is 1.59 bits per heavy atom. The van der Waals surface area contributed by atoms with Crippen LogP contribution >= 0.6 is 0 Å². The van der Waals surface area contributed by atoms with Gasteiger partial charge in [-0.1, -0.05) is 24.3 Å². The second kappa shape index (κ2) is 4.53. The molecule has 3 heteroatoms. The van der Waals surface area contributed by atoms with E-state index in [4.69, 9.17) is 0 Å². The molecule has 0 aliphatic carbocycles. The summed E-state index contributed by atoms with van der Waals surface area (Å²) in [6.45, 7) is 6.06. The first-order valence-corrected chi connectivity index (χ1v) is 5.72. The lowest BCUT2D eigenvalue weighted by Crippen LogP contribution is -2.03. The fourth-order valence-corrected chi connectivity index (χ4v) is 1.80. The summed E-state index contributed by atoms with van der Waals surface area (Å²) < 4.78 is 0. The van der Waals surface area contributed by atoms with Gasteiger partial charge in [0.15, 0.2) is 5.82 Å². The van der Waals surface area contributed by atoms with Gasteiger partial charge in [-0.05, 0) is 26.3 Å². The van der Waals surface area contributed by atoms with Crippen molar-refractivity contribution in [2.75, 3.05) is 12.4 Å². The van der Waals surface area contributed by atoms with E-state index >= 15 is 0 Å². The van der Waals surface area contributed by atoms with Gasteiger partial charge in [0.05, 0.1) is 11.4 Å². The number of aromatic nitrogens is 2. The lowest BCUT2D eigenvalue weighted by molar-refractivity contribution is 1.05. The summed E-state index contributed by atoms with van der Waals surface area (Å²) in [6, 6.07) is 8.23. The molecule has 2 rings (SSSR count). The van der Waals surface area contributed by atoms with E-state index in [0.717, 1.165) is 28.5 Å². The summed E-state index contributed by atoms with van der Waals surface area (Å²) >= 11 is 0. The number of rotatable bonds is 2. The summed E-state index contributed by atoms with van der Waals surface area (Å²) in [5.74, 6) is 0.836. The average molecular weight is 227 g/mol. The topological polar surface area (TPSA) is 37.8 Å². The summed E-state index contributed by atoms with van der Waals surface area (Å²) in [5, 5.41) is 3.12. The minimum absolute atomic E-state index is 0.836. The van der Waals surface area contributed by atoms with Gasteiger partial charge in [-0.2, -0.15) is 0 Å². The highest BCUT2D eigenvalue weighted by molar-refractivity contribution is 5.74. The molecule has 88 valence electrons. The molecule has 0 saturated heterocycles. The number of nitrogens with one attached hydrogen (secondary N) is 1. The average Bonchev–Trinajstić information content (AvgIpc) is 2.33. The molecule has 1 aromatic heterocycles. The smallest absolute Gasteiger partial charge is 0.152 e. The van der Waals surface area contributed by atoms with Gasteiger partial charge in [0.1, 0.15) is 5.69 Å². The second-order valence-electron chi connectivity index (χ2n) is 4.16. The van der Waals surface area contributed by atoms with Crippen LogP contribution in [-0.2, 0) is 0 Å². The quantitative estimate of drug-likeness (QED) is 0.856. The third kappa shape index (κ3) is 2.13. The van der Waals surface area contributed by atoms with E-state index in [0.29, 0.717) is 0 Å². The first-order chi connectivity index (χ1) is 8.13. The molecule has 2 aromatic rings. The van der Waals surface area contributed by atoms with E-state index < -0.39 is 0 Å². The van der Waals surface area contributed by atoms with Crippen molar-refractivity contribution in [1.82, 2.24) is 9.97 Å². The molecule has 0 bridgehead atoms. The first kappa shape index (κ1) is 11.6. The van der Waals surface area contributed by atoms with Crippen LogP contribution in [0.4, 0.5) is 5.82 Å². The molecule has 1 aromatic carbocycles. The van der Waals surface area contributed by atoms with Gasteiger partial charge in [0.2, 0.25) is 0 Å². The zero-order valence-electron chi connectivity index (χ0n) is 10.7. The largest absolute Gasteiger partial charge is 0.371 e. The van der Waals surface area contributed by atoms with Crippen molar-refractivity contribution < 1.29 is 0 Å². The van der Waals surface area contributed by atoms with Crippen molar-refractivity contribution in [3.05, 3.63) is 41.2 Å². The Morgan fingerprint density at radius 1 is 0.941 bits per heavy atom. The summed E-state index contributed by atoms with van der Waals surface area (Å²) in [6.07, 6.45) is 0. The van der Waals surface area contributed by atoms with Gasteiger partial charge in [-0.15, -0.1) is 0 Å². The second-order valence-corrected chi connectivity index (χ2v) is 4.16. The maximum atomic E-state index is 4.65. The molecule has 0 spiro atoms. The van der Waals surface area contributed by atoms with Crippen LogP contribution in [0.25, 0.3) is 11.3 Å². The first-order valence-electron chi connectivity index (χ1n) is 5.72. The third-order valence-corrected chi connectivity index (χ3v) is 2.94. The molecule has 1 heterocycles. The minimum atomic E-state index is 0.836. The molecule has 0 aliphatic rings. The lowest BCUT2D eigenvalue weighted by Gasteiger charge is -2.12. The Labute approximate surface area is 102 Å². The number of aryl methyl sites for hydroxylation is 3. The van der Waals surface area contributed by atoms with Crippen molar-refractivity contribution in [2.24, 2.45) is 0 Å². The molecule has 0 atom stereocenters. The van der Waals surface area contributed by atoms with E-state index in [1.807, 2.05) is 33.0 Å². The van der Waals surface area contributed by atoms with Crippen LogP contribution in [-0.4, -0.2) is 17.0 Å². The van der Waals surface area contributed by atoms with Crippen LogP contribution in [0.2, 0.25) is 0 Å². The lowest BCUT2D eigenvalue weighted by atomic mass is 10.1. The molecular formula is C14H17N3. The zero-order valence-corrected chi connectivity index (χ0v) is 10.7. The number of nitrogens with zero attached hydrogens (tertiary/aromatic N) is 2. The third-order valence-electron chi connectivity index (χ3n) is 2.94. The Morgan fingerprint density at radius 3 is 2.24 bits per heavy atom. The zero-order chi connectivity index (χ0) is 12.4. The number of hydrogen-bond donors (Lipinski definition) is 1. The molecule has 0 saturated carbocycles. The molecule has 3 nitrogen and oxygen atoms in total. The summed E-state index contributed by atoms with van der Waals surface area (Å²) in [4.78, 5) is 9.18. The number of benzene rings is 1. The predicted molar refractivity (Wildman–Crippen MR) is 71.2 cm³/mol.